The van der Waals surface area contributed by atoms with Crippen LogP contribution in [0.1, 0.15) is 5.56 Å². The van der Waals surface area contributed by atoms with Gasteiger partial charge in [-0.05, 0) is 23.8 Å². The number of benzene rings is 1. The van der Waals surface area contributed by atoms with Crippen molar-refractivity contribution in [2.45, 2.75) is 6.54 Å². The minimum atomic E-state index is -0.324. The maximum atomic E-state index is 13.0. The molecule has 0 aliphatic rings. The molecule has 1 heterocycles. The Morgan fingerprint density at radius 3 is 2.83 bits per heavy atom. The summed E-state index contributed by atoms with van der Waals surface area (Å²) in [5, 5.41) is 3.54. The van der Waals surface area contributed by atoms with Gasteiger partial charge in [-0.3, -0.25) is 0 Å². The molecule has 1 aromatic carbocycles. The molecule has 0 aliphatic carbocycles. The number of pyridine rings is 1. The maximum Gasteiger partial charge on any atom is 0.212 e. The molecule has 0 saturated carbocycles. The van der Waals surface area contributed by atoms with E-state index in [4.69, 9.17) is 16.3 Å². The lowest BCUT2D eigenvalue weighted by Crippen LogP contribution is -2.01. The van der Waals surface area contributed by atoms with E-state index in [2.05, 4.69) is 10.3 Å². The van der Waals surface area contributed by atoms with E-state index in [1.54, 1.807) is 19.4 Å². The second-order valence-corrected chi connectivity index (χ2v) is 4.09. The predicted molar refractivity (Wildman–Crippen MR) is 69.5 cm³/mol. The molecule has 94 valence electrons. The monoisotopic (exact) mass is 266 g/mol. The van der Waals surface area contributed by atoms with Gasteiger partial charge in [-0.1, -0.05) is 17.7 Å². The number of hydrogen-bond acceptors (Lipinski definition) is 3. The van der Waals surface area contributed by atoms with Gasteiger partial charge < -0.3 is 10.1 Å². The average Bonchev–Trinajstić information content (AvgIpc) is 2.40. The van der Waals surface area contributed by atoms with Crippen LogP contribution in [-0.4, -0.2) is 12.1 Å². The number of nitrogens with zero attached hydrogens (tertiary/aromatic N) is 1. The largest absolute Gasteiger partial charge is 0.481 e. The van der Waals surface area contributed by atoms with Crippen LogP contribution in [0.2, 0.25) is 5.02 Å². The molecule has 0 radical (unpaired) electrons. The SMILES string of the molecule is COc1ccc(CNc2cc(F)ccc2Cl)cn1. The van der Waals surface area contributed by atoms with Crippen LogP contribution in [0.15, 0.2) is 36.5 Å². The van der Waals surface area contributed by atoms with Crippen molar-refractivity contribution in [1.82, 2.24) is 4.98 Å². The highest BCUT2D eigenvalue weighted by atomic mass is 35.5. The summed E-state index contributed by atoms with van der Waals surface area (Å²) in [7, 11) is 1.56. The van der Waals surface area contributed by atoms with Gasteiger partial charge in [-0.25, -0.2) is 9.37 Å². The van der Waals surface area contributed by atoms with Crippen molar-refractivity contribution in [3.63, 3.8) is 0 Å². The molecule has 18 heavy (non-hydrogen) atoms. The molecule has 2 aromatic rings. The molecule has 2 rings (SSSR count). The summed E-state index contributed by atoms with van der Waals surface area (Å²) in [6.07, 6.45) is 1.69. The summed E-state index contributed by atoms with van der Waals surface area (Å²) in [6, 6.07) is 7.85. The van der Waals surface area contributed by atoms with Gasteiger partial charge in [0.25, 0.3) is 0 Å². The van der Waals surface area contributed by atoms with Gasteiger partial charge in [0.15, 0.2) is 0 Å². The first-order valence-corrected chi connectivity index (χ1v) is 5.74. The van der Waals surface area contributed by atoms with Crippen molar-refractivity contribution >= 4 is 17.3 Å². The Morgan fingerprint density at radius 1 is 1.33 bits per heavy atom. The van der Waals surface area contributed by atoms with Crippen LogP contribution in [0.25, 0.3) is 0 Å². The number of anilines is 1. The first kappa shape index (κ1) is 12.6. The number of hydrogen-bond donors (Lipinski definition) is 1. The van der Waals surface area contributed by atoms with E-state index in [1.165, 1.54) is 18.2 Å². The maximum absolute atomic E-state index is 13.0. The van der Waals surface area contributed by atoms with Crippen LogP contribution < -0.4 is 10.1 Å². The van der Waals surface area contributed by atoms with Crippen LogP contribution in [-0.2, 0) is 6.54 Å². The fraction of sp³-hybridized carbons (Fsp3) is 0.154. The molecule has 0 unspecified atom stereocenters. The van der Waals surface area contributed by atoms with E-state index < -0.39 is 0 Å². The Hall–Kier alpha value is -1.81. The minimum Gasteiger partial charge on any atom is -0.481 e. The van der Waals surface area contributed by atoms with Gasteiger partial charge in [-0.15, -0.1) is 0 Å². The topological polar surface area (TPSA) is 34.1 Å². The van der Waals surface area contributed by atoms with Crippen LogP contribution >= 0.6 is 11.6 Å². The highest BCUT2D eigenvalue weighted by Gasteiger charge is 2.02. The lowest BCUT2D eigenvalue weighted by atomic mass is 10.2. The molecular formula is C13H12ClFN2O. The number of nitrogens with one attached hydrogen (secondary N) is 1. The van der Waals surface area contributed by atoms with Crippen molar-refractivity contribution in [2.75, 3.05) is 12.4 Å². The van der Waals surface area contributed by atoms with E-state index >= 15 is 0 Å². The van der Waals surface area contributed by atoms with Gasteiger partial charge in [0, 0.05) is 18.8 Å². The molecule has 1 N–H and O–H groups in total. The number of ether oxygens (including phenoxy) is 1. The highest BCUT2D eigenvalue weighted by molar-refractivity contribution is 6.33. The van der Waals surface area contributed by atoms with Crippen molar-refractivity contribution in [2.24, 2.45) is 0 Å². The summed E-state index contributed by atoms with van der Waals surface area (Å²) in [5.41, 5.74) is 1.52. The zero-order chi connectivity index (χ0) is 13.0. The Kier molecular flexibility index (Phi) is 3.99. The molecule has 0 amide bonds. The molecule has 1 aromatic heterocycles. The Morgan fingerprint density at radius 2 is 2.17 bits per heavy atom. The Bertz CT molecular complexity index is 531. The first-order valence-electron chi connectivity index (χ1n) is 5.37. The predicted octanol–water partition coefficient (Wildman–Crippen LogP) is 3.49. The molecule has 0 spiro atoms. The quantitative estimate of drug-likeness (QED) is 0.920. The third-order valence-electron chi connectivity index (χ3n) is 2.42. The Labute approximate surface area is 110 Å². The molecular weight excluding hydrogens is 255 g/mol. The Balaban J connectivity index is 2.04. The van der Waals surface area contributed by atoms with Crippen molar-refractivity contribution in [3.8, 4) is 5.88 Å². The fourth-order valence-electron chi connectivity index (χ4n) is 1.47. The molecule has 0 aliphatic heterocycles. The molecule has 0 bridgehead atoms. The van der Waals surface area contributed by atoms with E-state index in [1.807, 2.05) is 6.07 Å². The van der Waals surface area contributed by atoms with Gasteiger partial charge in [0.2, 0.25) is 5.88 Å². The number of rotatable bonds is 4. The van der Waals surface area contributed by atoms with Crippen LogP contribution in [0.3, 0.4) is 0 Å². The third kappa shape index (κ3) is 3.11. The molecule has 0 atom stereocenters. The first-order chi connectivity index (χ1) is 8.69. The number of halogens is 2. The van der Waals surface area contributed by atoms with Crippen molar-refractivity contribution < 1.29 is 9.13 Å². The zero-order valence-electron chi connectivity index (χ0n) is 9.78. The van der Waals surface area contributed by atoms with Gasteiger partial charge in [0.1, 0.15) is 5.82 Å². The average molecular weight is 267 g/mol. The van der Waals surface area contributed by atoms with E-state index in [-0.39, 0.29) is 5.82 Å². The standard InChI is InChI=1S/C13H12ClFN2O/c1-18-13-5-2-9(8-17-13)7-16-12-6-10(15)3-4-11(12)14/h2-6,8,16H,7H2,1H3. The third-order valence-corrected chi connectivity index (χ3v) is 2.75. The van der Waals surface area contributed by atoms with Gasteiger partial charge in [0.05, 0.1) is 17.8 Å². The highest BCUT2D eigenvalue weighted by Crippen LogP contribution is 2.23. The number of methoxy groups -OCH3 is 1. The van der Waals surface area contributed by atoms with Crippen LogP contribution in [0.5, 0.6) is 5.88 Å². The second-order valence-electron chi connectivity index (χ2n) is 3.69. The fourth-order valence-corrected chi connectivity index (χ4v) is 1.65. The van der Waals surface area contributed by atoms with E-state index in [0.29, 0.717) is 23.1 Å². The molecule has 5 heteroatoms. The summed E-state index contributed by atoms with van der Waals surface area (Å²) >= 11 is 5.95. The van der Waals surface area contributed by atoms with E-state index in [0.717, 1.165) is 5.56 Å². The molecule has 0 saturated heterocycles. The summed E-state index contributed by atoms with van der Waals surface area (Å²) < 4.78 is 18.0. The molecule has 0 fully saturated rings. The van der Waals surface area contributed by atoms with Crippen LogP contribution in [0, 0.1) is 5.82 Å². The van der Waals surface area contributed by atoms with E-state index in [9.17, 15) is 4.39 Å². The summed E-state index contributed by atoms with van der Waals surface area (Å²) in [4.78, 5) is 4.08. The van der Waals surface area contributed by atoms with Crippen molar-refractivity contribution in [3.05, 3.63) is 52.9 Å². The van der Waals surface area contributed by atoms with Gasteiger partial charge in [-0.2, -0.15) is 0 Å². The lowest BCUT2D eigenvalue weighted by molar-refractivity contribution is 0.397. The summed E-state index contributed by atoms with van der Waals surface area (Å²) in [5.74, 6) is 0.234. The smallest absolute Gasteiger partial charge is 0.212 e. The second kappa shape index (κ2) is 5.69. The minimum absolute atomic E-state index is 0.324. The van der Waals surface area contributed by atoms with Crippen LogP contribution in [0.4, 0.5) is 10.1 Å². The lowest BCUT2D eigenvalue weighted by Gasteiger charge is -2.08. The molecule has 3 nitrogen and oxygen atoms in total. The number of aromatic nitrogens is 1. The summed E-state index contributed by atoms with van der Waals surface area (Å²) in [6.45, 7) is 0.514. The zero-order valence-corrected chi connectivity index (χ0v) is 10.5. The van der Waals surface area contributed by atoms with Gasteiger partial charge >= 0.3 is 0 Å². The normalized spacial score (nSPS) is 10.2. The van der Waals surface area contributed by atoms with Crippen molar-refractivity contribution in [1.29, 1.82) is 0 Å².